The SMILES string of the molecule is C=CCOC12Oc3ccc(Oc4cccc([N+](=O)[O-])c4)cc3C3C(CCCCO)C(CCCCO)C=C(C(=NOC4CCCCO4)CC1N(CCOCCO)C(=O)OCC)C32. The highest BCUT2D eigenvalue weighted by Crippen LogP contribution is 2.62. The molecule has 1 saturated heterocycles. The Labute approximate surface area is 357 Å². The molecule has 2 fully saturated rings. The number of oxime groups is 1. The number of ether oxygens (including phenoxy) is 6. The van der Waals surface area contributed by atoms with E-state index in [-0.39, 0.29) is 82.7 Å². The molecule has 6 rings (SSSR count). The van der Waals surface area contributed by atoms with Crippen LogP contribution in [0, 0.1) is 27.9 Å². The van der Waals surface area contributed by atoms with E-state index in [9.17, 15) is 30.2 Å². The van der Waals surface area contributed by atoms with Crippen LogP contribution < -0.4 is 9.47 Å². The van der Waals surface area contributed by atoms with Gasteiger partial charge in [0.05, 0.1) is 62.3 Å². The maximum absolute atomic E-state index is 14.2. The molecule has 16 heteroatoms. The molecule has 2 aliphatic heterocycles. The number of nitrogens with zero attached hydrogens (tertiary/aromatic N) is 3. The Morgan fingerprint density at radius 2 is 1.85 bits per heavy atom. The molecular formula is C45H61N3O13. The van der Waals surface area contributed by atoms with Crippen LogP contribution in [0.3, 0.4) is 0 Å². The van der Waals surface area contributed by atoms with Crippen LogP contribution >= 0.6 is 0 Å². The van der Waals surface area contributed by atoms with Gasteiger partial charge in [0, 0.05) is 50.1 Å². The lowest BCUT2D eigenvalue weighted by Crippen LogP contribution is -2.70. The summed E-state index contributed by atoms with van der Waals surface area (Å²) in [6.45, 7) is 6.62. The summed E-state index contributed by atoms with van der Waals surface area (Å²) in [6.07, 6.45) is 9.65. The van der Waals surface area contributed by atoms with Crippen molar-refractivity contribution in [2.75, 3.05) is 59.4 Å². The normalized spacial score (nSPS) is 26.0. The number of nitro benzene ring substituents is 1. The monoisotopic (exact) mass is 851 g/mol. The predicted molar refractivity (Wildman–Crippen MR) is 224 cm³/mol. The van der Waals surface area contributed by atoms with Crippen molar-refractivity contribution in [1.82, 2.24) is 4.90 Å². The van der Waals surface area contributed by atoms with Crippen molar-refractivity contribution in [1.29, 1.82) is 0 Å². The number of carbonyl (C=O) groups is 1. The third-order valence-electron chi connectivity index (χ3n) is 11.9. The minimum Gasteiger partial charge on any atom is -0.459 e. The van der Waals surface area contributed by atoms with Crippen LogP contribution in [0.4, 0.5) is 10.5 Å². The van der Waals surface area contributed by atoms with Crippen LogP contribution in [0.25, 0.3) is 0 Å². The van der Waals surface area contributed by atoms with Gasteiger partial charge in [-0.1, -0.05) is 36.2 Å². The number of carbonyl (C=O) groups excluding carboxylic acids is 1. The van der Waals surface area contributed by atoms with Gasteiger partial charge in [-0.25, -0.2) is 4.79 Å². The van der Waals surface area contributed by atoms with Gasteiger partial charge < -0.3 is 48.6 Å². The summed E-state index contributed by atoms with van der Waals surface area (Å²) in [6, 6.07) is 10.6. The van der Waals surface area contributed by atoms with E-state index in [1.54, 1.807) is 36.1 Å². The maximum atomic E-state index is 14.2. The molecule has 2 aromatic rings. The molecule has 2 aromatic carbocycles. The lowest BCUT2D eigenvalue weighted by molar-refractivity contribution is -0.384. The molecule has 0 spiro atoms. The molecule has 61 heavy (non-hydrogen) atoms. The Bertz CT molecular complexity index is 1830. The van der Waals surface area contributed by atoms with Gasteiger partial charge in [-0.15, -0.1) is 6.58 Å². The molecule has 0 bridgehead atoms. The van der Waals surface area contributed by atoms with Crippen molar-refractivity contribution >= 4 is 17.5 Å². The molecule has 0 aromatic heterocycles. The lowest BCUT2D eigenvalue weighted by Gasteiger charge is -2.59. The number of benzene rings is 2. The molecule has 1 saturated carbocycles. The molecule has 334 valence electrons. The number of amides is 1. The van der Waals surface area contributed by atoms with E-state index in [4.69, 9.17) is 38.4 Å². The summed E-state index contributed by atoms with van der Waals surface area (Å²) in [5.74, 6) is -1.27. The van der Waals surface area contributed by atoms with E-state index >= 15 is 0 Å². The van der Waals surface area contributed by atoms with E-state index < -0.39 is 35.1 Å². The number of non-ortho nitro benzene ring substituents is 1. The van der Waals surface area contributed by atoms with Gasteiger partial charge in [0.25, 0.3) is 5.69 Å². The topological polar surface area (TPSA) is 201 Å². The van der Waals surface area contributed by atoms with E-state index in [1.165, 1.54) is 12.1 Å². The maximum Gasteiger partial charge on any atom is 0.410 e. The Kier molecular flexibility index (Phi) is 16.9. The quantitative estimate of drug-likeness (QED) is 0.0447. The number of aliphatic hydroxyl groups excluding tert-OH is 3. The van der Waals surface area contributed by atoms with Crippen molar-refractivity contribution in [2.24, 2.45) is 22.9 Å². The smallest absolute Gasteiger partial charge is 0.410 e. The van der Waals surface area contributed by atoms with Crippen LogP contribution in [0.1, 0.15) is 82.6 Å². The first-order chi connectivity index (χ1) is 29.8. The van der Waals surface area contributed by atoms with Crippen LogP contribution in [0.5, 0.6) is 17.2 Å². The van der Waals surface area contributed by atoms with Gasteiger partial charge in [-0.3, -0.25) is 15.0 Å². The molecule has 0 radical (unpaired) electrons. The zero-order valence-electron chi connectivity index (χ0n) is 35.1. The first-order valence-electron chi connectivity index (χ1n) is 21.7. The zero-order valence-corrected chi connectivity index (χ0v) is 35.1. The minimum atomic E-state index is -1.53. The van der Waals surface area contributed by atoms with Gasteiger partial charge in [-0.05, 0) is 87.1 Å². The van der Waals surface area contributed by atoms with Crippen LogP contribution in [-0.4, -0.2) is 114 Å². The third-order valence-corrected chi connectivity index (χ3v) is 11.9. The van der Waals surface area contributed by atoms with Gasteiger partial charge in [-0.2, -0.15) is 0 Å². The van der Waals surface area contributed by atoms with Crippen LogP contribution in [0.2, 0.25) is 0 Å². The van der Waals surface area contributed by atoms with Crippen LogP contribution in [0.15, 0.2) is 71.9 Å². The third kappa shape index (κ3) is 10.9. The molecule has 16 nitrogen and oxygen atoms in total. The van der Waals surface area contributed by atoms with Crippen molar-refractivity contribution in [2.45, 2.75) is 95.2 Å². The minimum absolute atomic E-state index is 0.00776. The van der Waals surface area contributed by atoms with Gasteiger partial charge >= 0.3 is 6.09 Å². The highest BCUT2D eigenvalue weighted by Gasteiger charge is 2.65. The summed E-state index contributed by atoms with van der Waals surface area (Å²) in [7, 11) is 0. The largest absolute Gasteiger partial charge is 0.459 e. The van der Waals surface area contributed by atoms with E-state index in [2.05, 4.69) is 12.7 Å². The number of fused-ring (bicyclic) bond motifs is 2. The summed E-state index contributed by atoms with van der Waals surface area (Å²) in [5, 5.41) is 45.8. The average Bonchev–Trinajstić information content (AvgIpc) is 3.27. The lowest BCUT2D eigenvalue weighted by atomic mass is 9.55. The Morgan fingerprint density at radius 1 is 1.05 bits per heavy atom. The highest BCUT2D eigenvalue weighted by molar-refractivity contribution is 6.03. The highest BCUT2D eigenvalue weighted by atomic mass is 16.8. The Balaban J connectivity index is 1.57. The molecule has 3 N–H and O–H groups in total. The molecule has 7 unspecified atom stereocenters. The fourth-order valence-electron chi connectivity index (χ4n) is 9.34. The first-order valence-corrected chi connectivity index (χ1v) is 21.7. The molecule has 7 atom stereocenters. The molecule has 2 heterocycles. The number of allylic oxidation sites excluding steroid dienone is 1. The van der Waals surface area contributed by atoms with Gasteiger partial charge in [0.1, 0.15) is 23.3 Å². The Hall–Kier alpha value is -4.58. The second-order valence-electron chi connectivity index (χ2n) is 15.8. The number of hydrogen-bond acceptors (Lipinski definition) is 14. The van der Waals surface area contributed by atoms with E-state index in [1.807, 2.05) is 12.1 Å². The average molecular weight is 852 g/mol. The zero-order chi connectivity index (χ0) is 43.2. The van der Waals surface area contributed by atoms with Crippen molar-refractivity contribution in [3.8, 4) is 17.2 Å². The molecule has 1 amide bonds. The second kappa shape index (κ2) is 22.5. The summed E-state index contributed by atoms with van der Waals surface area (Å²) < 4.78 is 37.9. The van der Waals surface area contributed by atoms with Crippen LogP contribution in [-0.2, 0) is 23.8 Å². The second-order valence-corrected chi connectivity index (χ2v) is 15.8. The van der Waals surface area contributed by atoms with Crippen molar-refractivity contribution in [3.05, 3.63) is 82.4 Å². The van der Waals surface area contributed by atoms with Gasteiger partial charge in [0.15, 0.2) is 0 Å². The number of aliphatic hydroxyl groups is 3. The first kappa shape index (κ1) is 45.9. The van der Waals surface area contributed by atoms with Gasteiger partial charge in [0.2, 0.25) is 12.1 Å². The Morgan fingerprint density at radius 3 is 2.57 bits per heavy atom. The predicted octanol–water partition coefficient (Wildman–Crippen LogP) is 7.01. The van der Waals surface area contributed by atoms with Crippen molar-refractivity contribution < 1.29 is 58.3 Å². The summed E-state index contributed by atoms with van der Waals surface area (Å²) >= 11 is 0. The molecule has 2 aliphatic carbocycles. The molecule has 4 aliphatic rings. The number of unbranched alkanes of at least 4 members (excludes halogenated alkanes) is 2. The van der Waals surface area contributed by atoms with E-state index in [0.29, 0.717) is 48.8 Å². The number of hydrogen-bond donors (Lipinski definition) is 3. The van der Waals surface area contributed by atoms with E-state index in [0.717, 1.165) is 49.7 Å². The fraction of sp³-hybridized carbons (Fsp3) is 0.600. The summed E-state index contributed by atoms with van der Waals surface area (Å²) in [5.41, 5.74) is 2.18. The number of nitro groups is 1. The standard InChI is InChI=1S/C45H61N3O13/c1-3-23-58-45-40(47(44(52)56-4-2)19-25-55-26-22-51)30-38(46-61-41-16-7-10-24-57-41)36-27-31(12-5-8-20-49)35(15-6-9-21-50)42(43(36)45)37-29-34(17-18-39(37)60-45)59-33-14-11-13-32(28-33)48(53)54/h3,11,13-14,17-18,27-29,31,35,40-43,49-51H,1,4-10,12,15-16,19-26,30H2,2H3. The fourth-order valence-corrected chi connectivity index (χ4v) is 9.34. The summed E-state index contributed by atoms with van der Waals surface area (Å²) in [4.78, 5) is 33.1. The van der Waals surface area contributed by atoms with Crippen molar-refractivity contribution in [3.63, 3.8) is 0 Å². The number of rotatable bonds is 23. The molecular weight excluding hydrogens is 791 g/mol.